The summed E-state index contributed by atoms with van der Waals surface area (Å²) in [6, 6.07) is 4.81. The van der Waals surface area contributed by atoms with Crippen LogP contribution in [0, 0.1) is 5.92 Å². The highest BCUT2D eigenvalue weighted by Gasteiger charge is 2.56. The Kier molecular flexibility index (Phi) is 3.35. The Morgan fingerprint density at radius 1 is 0.708 bits per heavy atom. The van der Waals surface area contributed by atoms with Crippen molar-refractivity contribution in [1.29, 1.82) is 0 Å². The fourth-order valence-corrected chi connectivity index (χ4v) is 5.45. The van der Waals surface area contributed by atoms with E-state index in [1.54, 1.807) is 5.56 Å². The lowest BCUT2D eigenvalue weighted by Gasteiger charge is -2.54. The molecule has 0 saturated carbocycles. The molecule has 1 aromatic rings. The Balaban J connectivity index is 2.44. The minimum Gasteiger partial charge on any atom is -0.364 e. The van der Waals surface area contributed by atoms with E-state index in [1.165, 1.54) is 16.7 Å². The summed E-state index contributed by atoms with van der Waals surface area (Å²) in [6.45, 7) is 25.7. The number of ether oxygens (including phenoxy) is 1. The van der Waals surface area contributed by atoms with Crippen molar-refractivity contribution in [1.82, 2.24) is 0 Å². The monoisotopic (exact) mass is 328 g/mol. The van der Waals surface area contributed by atoms with Crippen molar-refractivity contribution in [3.63, 3.8) is 0 Å². The van der Waals surface area contributed by atoms with E-state index < -0.39 is 0 Å². The fourth-order valence-electron chi connectivity index (χ4n) is 5.45. The summed E-state index contributed by atoms with van der Waals surface area (Å²) in [4.78, 5) is 0. The average Bonchev–Trinajstić information content (AvgIpc) is 2.54. The van der Waals surface area contributed by atoms with E-state index in [9.17, 15) is 0 Å². The SMILES string of the molecule is CC1C(C)(C)c2ccc3c(c2C1(C)C)C(C)(C)OC(C)(C)C3(C)C. The summed E-state index contributed by atoms with van der Waals surface area (Å²) in [6.07, 6.45) is 0. The minimum absolute atomic E-state index is 0.0149. The molecule has 2 aliphatic rings. The molecule has 0 bridgehead atoms. The first-order valence-corrected chi connectivity index (χ1v) is 9.47. The van der Waals surface area contributed by atoms with Crippen molar-refractivity contribution in [3.05, 3.63) is 34.4 Å². The summed E-state index contributed by atoms with van der Waals surface area (Å²) in [5, 5.41) is 0. The van der Waals surface area contributed by atoms with Gasteiger partial charge in [0.1, 0.15) is 0 Å². The first-order valence-electron chi connectivity index (χ1n) is 9.47. The van der Waals surface area contributed by atoms with Crippen LogP contribution in [0.15, 0.2) is 12.1 Å². The molecule has 1 aliphatic heterocycles. The van der Waals surface area contributed by atoms with Gasteiger partial charge in [0.2, 0.25) is 0 Å². The van der Waals surface area contributed by atoms with Crippen LogP contribution in [0.5, 0.6) is 0 Å². The van der Waals surface area contributed by atoms with Crippen LogP contribution in [-0.2, 0) is 26.6 Å². The number of hydrogen-bond acceptors (Lipinski definition) is 1. The molecule has 0 spiro atoms. The maximum atomic E-state index is 6.72. The highest BCUT2D eigenvalue weighted by molar-refractivity contribution is 5.58. The van der Waals surface area contributed by atoms with Crippen molar-refractivity contribution in [2.24, 2.45) is 5.92 Å². The van der Waals surface area contributed by atoms with Gasteiger partial charge in [-0.1, -0.05) is 60.6 Å². The normalized spacial score (nSPS) is 30.5. The van der Waals surface area contributed by atoms with Crippen LogP contribution in [0.1, 0.15) is 98.4 Å². The predicted octanol–water partition coefficient (Wildman–Crippen LogP) is 6.21. The van der Waals surface area contributed by atoms with Crippen LogP contribution in [0.4, 0.5) is 0 Å². The maximum Gasteiger partial charge on any atom is 0.0888 e. The standard InChI is InChI=1S/C23H36O/c1-14-19(2,3)15-12-13-16-18(17(15)20(14,4)5)22(8,9)24-23(10,11)21(16,6)7/h12-14H,1-11H3. The second-order valence-electron chi connectivity index (χ2n) is 10.8. The molecule has 1 aliphatic carbocycles. The number of benzene rings is 1. The van der Waals surface area contributed by atoms with Crippen LogP contribution in [-0.4, -0.2) is 5.60 Å². The Bertz CT molecular complexity index is 701. The van der Waals surface area contributed by atoms with E-state index in [2.05, 4.69) is 88.3 Å². The molecule has 24 heavy (non-hydrogen) atoms. The van der Waals surface area contributed by atoms with Gasteiger partial charge in [-0.3, -0.25) is 0 Å². The summed E-state index contributed by atoms with van der Waals surface area (Å²) < 4.78 is 6.72. The molecule has 0 saturated heterocycles. The Morgan fingerprint density at radius 3 is 1.75 bits per heavy atom. The molecule has 0 aromatic heterocycles. The summed E-state index contributed by atoms with van der Waals surface area (Å²) in [7, 11) is 0. The second-order valence-corrected chi connectivity index (χ2v) is 10.8. The molecule has 1 nitrogen and oxygen atoms in total. The van der Waals surface area contributed by atoms with E-state index >= 15 is 0 Å². The first kappa shape index (κ1) is 18.0. The minimum atomic E-state index is -0.267. The molecule has 1 aromatic carbocycles. The van der Waals surface area contributed by atoms with E-state index in [0.717, 1.165) is 0 Å². The van der Waals surface area contributed by atoms with Crippen LogP contribution in [0.25, 0.3) is 0 Å². The number of fused-ring (bicyclic) bond motifs is 3. The fraction of sp³-hybridized carbons (Fsp3) is 0.739. The van der Waals surface area contributed by atoms with Gasteiger partial charge in [-0.15, -0.1) is 0 Å². The molecule has 1 heteroatoms. The molecular weight excluding hydrogens is 292 g/mol. The third-order valence-electron chi connectivity index (χ3n) is 8.00. The smallest absolute Gasteiger partial charge is 0.0888 e. The lowest BCUT2D eigenvalue weighted by molar-refractivity contribution is -0.173. The zero-order valence-corrected chi connectivity index (χ0v) is 17.6. The molecule has 0 radical (unpaired) electrons. The zero-order valence-electron chi connectivity index (χ0n) is 17.6. The van der Waals surface area contributed by atoms with Gasteiger partial charge in [0, 0.05) is 5.41 Å². The van der Waals surface area contributed by atoms with Crippen molar-refractivity contribution in [2.75, 3.05) is 0 Å². The van der Waals surface area contributed by atoms with Gasteiger partial charge in [-0.05, 0) is 66.7 Å². The molecule has 1 heterocycles. The highest BCUT2D eigenvalue weighted by Crippen LogP contribution is 2.60. The van der Waals surface area contributed by atoms with Gasteiger partial charge in [-0.2, -0.15) is 0 Å². The first-order chi connectivity index (χ1) is 10.6. The Morgan fingerprint density at radius 2 is 1.21 bits per heavy atom. The van der Waals surface area contributed by atoms with E-state index in [0.29, 0.717) is 5.92 Å². The lowest BCUT2D eigenvalue weighted by atomic mass is 9.62. The van der Waals surface area contributed by atoms with Gasteiger partial charge in [-0.25, -0.2) is 0 Å². The zero-order chi connectivity index (χ0) is 18.5. The molecule has 0 N–H and O–H groups in total. The van der Waals surface area contributed by atoms with Gasteiger partial charge in [0.25, 0.3) is 0 Å². The van der Waals surface area contributed by atoms with Crippen LogP contribution < -0.4 is 0 Å². The van der Waals surface area contributed by atoms with Crippen molar-refractivity contribution < 1.29 is 4.74 Å². The van der Waals surface area contributed by atoms with Gasteiger partial charge < -0.3 is 4.74 Å². The highest BCUT2D eigenvalue weighted by atomic mass is 16.5. The van der Waals surface area contributed by atoms with Gasteiger partial charge in [0.15, 0.2) is 0 Å². The summed E-state index contributed by atoms with van der Waals surface area (Å²) in [5.74, 6) is 0.598. The molecular formula is C23H36O. The third kappa shape index (κ3) is 1.91. The van der Waals surface area contributed by atoms with Crippen LogP contribution in [0.3, 0.4) is 0 Å². The third-order valence-corrected chi connectivity index (χ3v) is 8.00. The topological polar surface area (TPSA) is 9.23 Å². The van der Waals surface area contributed by atoms with Crippen LogP contribution in [0.2, 0.25) is 0 Å². The van der Waals surface area contributed by atoms with E-state index in [-0.39, 0.29) is 27.4 Å². The van der Waals surface area contributed by atoms with Gasteiger partial charge in [0.05, 0.1) is 11.2 Å². The van der Waals surface area contributed by atoms with Crippen molar-refractivity contribution >= 4 is 0 Å². The van der Waals surface area contributed by atoms with Crippen molar-refractivity contribution in [2.45, 2.75) is 104 Å². The quantitative estimate of drug-likeness (QED) is 0.550. The summed E-state index contributed by atoms with van der Waals surface area (Å²) >= 11 is 0. The summed E-state index contributed by atoms with van der Waals surface area (Å²) in [5.41, 5.74) is 5.87. The van der Waals surface area contributed by atoms with E-state index in [4.69, 9.17) is 4.74 Å². The Labute approximate surface area is 149 Å². The molecule has 1 unspecified atom stereocenters. The number of rotatable bonds is 0. The number of hydrogen-bond donors (Lipinski definition) is 0. The molecule has 3 rings (SSSR count). The maximum absolute atomic E-state index is 6.72. The van der Waals surface area contributed by atoms with Crippen LogP contribution >= 0.6 is 0 Å². The second kappa shape index (κ2) is 4.47. The van der Waals surface area contributed by atoms with Gasteiger partial charge >= 0.3 is 0 Å². The van der Waals surface area contributed by atoms with Crippen molar-refractivity contribution in [3.8, 4) is 0 Å². The average molecular weight is 329 g/mol. The molecule has 0 amide bonds. The molecule has 0 fully saturated rings. The van der Waals surface area contributed by atoms with E-state index in [1.807, 2.05) is 0 Å². The molecule has 134 valence electrons. The predicted molar refractivity (Wildman–Crippen MR) is 103 cm³/mol. The lowest BCUT2D eigenvalue weighted by Crippen LogP contribution is -2.55. The Hall–Kier alpha value is -0.820. The largest absolute Gasteiger partial charge is 0.364 e. The molecule has 1 atom stereocenters.